The first-order valence-corrected chi connectivity index (χ1v) is 37.9. The number of rotatable bonds is 83. The quantitative estimate of drug-likeness (QED) is 0.0800. The van der Waals surface area contributed by atoms with Crippen LogP contribution in [0.25, 0.3) is 11.0 Å². The third-order valence-electron chi connectivity index (χ3n) is 15.1. The minimum absolute atomic E-state index is 0.00828. The van der Waals surface area contributed by atoms with Gasteiger partial charge in [0.2, 0.25) is 5.91 Å². The molecule has 2 aromatic heterocycles. The van der Waals surface area contributed by atoms with Gasteiger partial charge in [0.25, 0.3) is 5.88 Å². The van der Waals surface area contributed by atoms with E-state index in [0.29, 0.717) is 366 Å². The Hall–Kier alpha value is -3.38. The van der Waals surface area contributed by atoms with E-state index in [-0.39, 0.29) is 12.0 Å². The fraction of sp³-hybridized carbons (Fsp3) is 0.915. The Balaban J connectivity index is 0.884. The van der Waals surface area contributed by atoms with Crippen LogP contribution in [0.5, 0.6) is 5.88 Å². The van der Waals surface area contributed by atoms with Crippen molar-refractivity contribution in [1.29, 1.82) is 0 Å². The number of amides is 1. The molecule has 0 radical (unpaired) electrons. The number of aryl methyl sites for hydroxylation is 1. The molecular formula is C71H135N7O26. The molecule has 1 amide bonds. The van der Waals surface area contributed by atoms with E-state index in [1.807, 2.05) is 13.8 Å². The average molecular weight is 1500 g/mol. The fourth-order valence-corrected chi connectivity index (χ4v) is 9.74. The number of aromatic nitrogens is 4. The lowest BCUT2D eigenvalue weighted by Gasteiger charge is -2.29. The third-order valence-corrected chi connectivity index (χ3v) is 15.1. The summed E-state index contributed by atoms with van der Waals surface area (Å²) in [4.78, 5) is 17.5. The van der Waals surface area contributed by atoms with Crippen molar-refractivity contribution >= 4 is 22.8 Å². The van der Waals surface area contributed by atoms with Crippen molar-refractivity contribution in [2.45, 2.75) is 84.8 Å². The average Bonchev–Trinajstić information content (AvgIpc) is 1.61. The first kappa shape index (κ1) is 94.8. The molecule has 0 bridgehead atoms. The van der Waals surface area contributed by atoms with Crippen LogP contribution in [0.2, 0.25) is 0 Å². The predicted octanol–water partition coefficient (Wildman–Crippen LogP) is 3.21. The largest absolute Gasteiger partial charge is 0.472 e. The maximum absolute atomic E-state index is 12.6. The van der Waals surface area contributed by atoms with E-state index in [0.717, 1.165) is 62.8 Å². The van der Waals surface area contributed by atoms with Gasteiger partial charge in [-0.25, -0.2) is 4.98 Å². The van der Waals surface area contributed by atoms with E-state index < -0.39 is 0 Å². The van der Waals surface area contributed by atoms with Crippen LogP contribution in [0.15, 0.2) is 0 Å². The predicted molar refractivity (Wildman–Crippen MR) is 386 cm³/mol. The topological polar surface area (TPSA) is 355 Å². The molecule has 1 saturated carbocycles. The minimum Gasteiger partial charge on any atom is -0.472 e. The van der Waals surface area contributed by atoms with Gasteiger partial charge in [0.1, 0.15) is 16.9 Å². The van der Waals surface area contributed by atoms with E-state index in [9.17, 15) is 4.79 Å². The van der Waals surface area contributed by atoms with Crippen LogP contribution in [-0.4, -0.2) is 362 Å². The van der Waals surface area contributed by atoms with Crippen molar-refractivity contribution in [2.75, 3.05) is 336 Å². The van der Waals surface area contributed by atoms with E-state index in [4.69, 9.17) is 135 Å². The molecule has 1 aliphatic rings. The first-order chi connectivity index (χ1) is 51.4. The Bertz CT molecular complexity index is 2150. The van der Waals surface area contributed by atoms with E-state index >= 15 is 0 Å². The van der Waals surface area contributed by atoms with Gasteiger partial charge in [-0.05, 0) is 57.8 Å². The summed E-state index contributed by atoms with van der Waals surface area (Å²) in [5.41, 5.74) is 13.1. The summed E-state index contributed by atoms with van der Waals surface area (Å²) < 4.78 is 141. The van der Waals surface area contributed by atoms with Crippen molar-refractivity contribution < 1.29 is 123 Å². The normalized spacial score (nSPS) is 14.1. The molecule has 0 spiro atoms. The fourth-order valence-electron chi connectivity index (χ4n) is 9.74. The molecule has 1 fully saturated rings. The number of ether oxygens (including phenoxy) is 25. The molecule has 610 valence electrons. The molecule has 2 aromatic rings. The molecular weight excluding hydrogens is 1370 g/mol. The molecule has 0 aromatic carbocycles. The minimum atomic E-state index is -0.0475. The number of unbranched alkanes of at least 4 members (excludes halogenated alkanes) is 1. The first-order valence-electron chi connectivity index (χ1n) is 37.9. The molecule has 104 heavy (non-hydrogen) atoms. The van der Waals surface area contributed by atoms with Crippen LogP contribution in [0.1, 0.15) is 71.5 Å². The second-order valence-electron chi connectivity index (χ2n) is 23.9. The van der Waals surface area contributed by atoms with Crippen molar-refractivity contribution in [3.8, 4) is 5.88 Å². The highest BCUT2D eigenvalue weighted by Gasteiger charge is 2.26. The molecule has 0 unspecified atom stereocenters. The summed E-state index contributed by atoms with van der Waals surface area (Å²) >= 11 is 0. The highest BCUT2D eigenvalue weighted by Crippen LogP contribution is 2.34. The van der Waals surface area contributed by atoms with Crippen LogP contribution in [0.4, 0.5) is 5.82 Å². The Morgan fingerprint density at radius 3 is 0.913 bits per heavy atom. The Morgan fingerprint density at radius 1 is 0.394 bits per heavy atom. The molecule has 0 aliphatic heterocycles. The Morgan fingerprint density at radius 2 is 0.654 bits per heavy atom. The number of nitrogen functional groups attached to an aromatic ring is 1. The molecule has 2 heterocycles. The zero-order chi connectivity index (χ0) is 74.0. The van der Waals surface area contributed by atoms with Gasteiger partial charge in [-0.1, -0.05) is 13.3 Å². The number of nitrogens with two attached hydrogens (primary N) is 2. The maximum Gasteiger partial charge on any atom is 0.260 e. The second kappa shape index (κ2) is 73.7. The van der Waals surface area contributed by atoms with Gasteiger partial charge in [-0.2, -0.15) is 0 Å². The number of hydrogen-bond acceptors (Lipinski definition) is 31. The molecule has 33 heteroatoms. The molecule has 1 aliphatic carbocycles. The lowest BCUT2D eigenvalue weighted by molar-refractivity contribution is -0.122. The summed E-state index contributed by atoms with van der Waals surface area (Å²) in [6, 6.07) is 0. The third kappa shape index (κ3) is 57.7. The van der Waals surface area contributed by atoms with Gasteiger partial charge in [-0.15, -0.1) is 10.2 Å². The number of carbonyl (C=O) groups is 1. The van der Waals surface area contributed by atoms with Crippen molar-refractivity contribution in [3.63, 3.8) is 0 Å². The van der Waals surface area contributed by atoms with Crippen molar-refractivity contribution in [2.24, 2.45) is 17.6 Å². The summed E-state index contributed by atoms with van der Waals surface area (Å²) in [5, 5.41) is 11.6. The van der Waals surface area contributed by atoms with E-state index in [1.54, 1.807) is 0 Å². The standard InChI is InChI=1S/C71H135N7O26/c1-4-5-6-66-75-68-69(71(104-63(2)3)77-76-70(68)73)78(66)62-65-9-7-64(8-10-65)61-74-67(79)11-13-80-15-17-82-19-21-84-23-25-86-27-29-88-31-33-90-35-37-92-39-41-94-43-45-96-47-49-98-51-53-100-55-57-102-59-60-103-58-56-101-54-52-99-50-48-97-46-44-95-42-40-93-38-36-91-34-32-89-30-28-87-26-24-85-22-20-83-18-16-81-14-12-72/h63-65H,4-62,72H2,1-3H3,(H2,73,76)(H,74,79)/t64-,65-. The summed E-state index contributed by atoms with van der Waals surface area (Å²) in [7, 11) is 0. The van der Waals surface area contributed by atoms with Gasteiger partial charge in [0, 0.05) is 32.5 Å². The molecule has 0 atom stereocenters. The Labute approximate surface area is 618 Å². The van der Waals surface area contributed by atoms with Gasteiger partial charge < -0.3 is 140 Å². The number of anilines is 1. The number of nitrogens with one attached hydrogen (secondary N) is 1. The number of carbonyl (C=O) groups excluding carboxylic acids is 1. The van der Waals surface area contributed by atoms with Crippen LogP contribution in [-0.2, 0) is 131 Å². The summed E-state index contributed by atoms with van der Waals surface area (Å²) in [6.07, 6.45) is 7.52. The van der Waals surface area contributed by atoms with Crippen molar-refractivity contribution in [3.05, 3.63) is 5.82 Å². The zero-order valence-electron chi connectivity index (χ0n) is 63.5. The molecule has 3 rings (SSSR count). The lowest BCUT2D eigenvalue weighted by atomic mass is 9.82. The zero-order valence-corrected chi connectivity index (χ0v) is 63.5. The van der Waals surface area contributed by atoms with Gasteiger partial charge >= 0.3 is 0 Å². The molecule has 5 N–H and O–H groups in total. The SMILES string of the molecule is CCCCc1nc2c(N)nnc(OC(C)C)c2n1C[C@H]1CC[C@H](CNC(=O)CCOCCOCCOCCOCCOCCOCCOCCOCCOCCOCCOCCOCCOCCOCCOCCOCCOCCOCCOCCOCCOCCOCCOCCOCCN)CC1. The molecule has 0 saturated heterocycles. The van der Waals surface area contributed by atoms with Crippen LogP contribution in [0.3, 0.4) is 0 Å². The summed E-state index contributed by atoms with van der Waals surface area (Å²) in [5.74, 6) is 2.78. The van der Waals surface area contributed by atoms with Gasteiger partial charge in [0.05, 0.1) is 323 Å². The number of fused-ring (bicyclic) bond motifs is 1. The Kier molecular flexibility index (Phi) is 67.2. The van der Waals surface area contributed by atoms with Gasteiger partial charge in [-0.3, -0.25) is 4.79 Å². The van der Waals surface area contributed by atoms with E-state index in [1.165, 1.54) is 0 Å². The highest BCUT2D eigenvalue weighted by atomic mass is 16.6. The number of hydrogen-bond donors (Lipinski definition) is 3. The monoisotopic (exact) mass is 1500 g/mol. The van der Waals surface area contributed by atoms with Crippen LogP contribution >= 0.6 is 0 Å². The maximum atomic E-state index is 12.6. The molecule has 33 nitrogen and oxygen atoms in total. The smallest absolute Gasteiger partial charge is 0.260 e. The second-order valence-corrected chi connectivity index (χ2v) is 23.9. The lowest BCUT2D eigenvalue weighted by Crippen LogP contribution is -2.32. The van der Waals surface area contributed by atoms with Crippen molar-refractivity contribution in [1.82, 2.24) is 25.1 Å². The highest BCUT2D eigenvalue weighted by molar-refractivity contribution is 5.88. The number of imidazole rings is 1. The van der Waals surface area contributed by atoms with E-state index in [2.05, 4.69) is 27.0 Å². The van der Waals surface area contributed by atoms with Gasteiger partial charge in [0.15, 0.2) is 5.82 Å². The summed E-state index contributed by atoms with van der Waals surface area (Å²) in [6.45, 7) is 31.3. The van der Waals surface area contributed by atoms with Crippen LogP contribution < -0.4 is 21.5 Å². The van der Waals surface area contributed by atoms with Crippen LogP contribution in [0, 0.1) is 11.8 Å². The number of nitrogens with zero attached hydrogens (tertiary/aromatic N) is 4.